The van der Waals surface area contributed by atoms with Crippen LogP contribution in [0.2, 0.25) is 23.5 Å². The van der Waals surface area contributed by atoms with Crippen molar-refractivity contribution >= 4 is 62.2 Å². The van der Waals surface area contributed by atoms with Crippen molar-refractivity contribution in [3.63, 3.8) is 0 Å². The van der Waals surface area contributed by atoms with Crippen molar-refractivity contribution in [2.24, 2.45) is 10.9 Å². The Bertz CT molecular complexity index is 804. The van der Waals surface area contributed by atoms with E-state index in [-0.39, 0.29) is 44.0 Å². The third kappa shape index (κ3) is 4.48. The van der Waals surface area contributed by atoms with E-state index in [1.54, 1.807) is 0 Å². The van der Waals surface area contributed by atoms with Gasteiger partial charge in [-0.2, -0.15) is 0 Å². The van der Waals surface area contributed by atoms with Gasteiger partial charge >= 0.3 is 191 Å². The van der Waals surface area contributed by atoms with Gasteiger partial charge in [0.2, 0.25) is 0 Å². The number of carbonyl (C=O) groups is 1. The molecule has 3 rings (SSSR count). The van der Waals surface area contributed by atoms with Crippen LogP contribution in [0.25, 0.3) is 0 Å². The van der Waals surface area contributed by atoms with E-state index in [1.807, 2.05) is 35.2 Å². The Morgan fingerprint density at radius 1 is 1.29 bits per heavy atom. The molecular weight excluding hydrogens is 546 g/mol. The maximum absolute atomic E-state index is 13.2. The molecule has 3 atom stereocenters. The summed E-state index contributed by atoms with van der Waals surface area (Å²) < 4.78 is 8.84. The van der Waals surface area contributed by atoms with Crippen LogP contribution in [0.1, 0.15) is 27.7 Å². The number of nitrogens with zero attached hydrogens (tertiary/aromatic N) is 2. The molecule has 0 aromatic heterocycles. The van der Waals surface area contributed by atoms with Gasteiger partial charge in [-0.1, -0.05) is 0 Å². The Morgan fingerprint density at radius 3 is 2.54 bits per heavy atom. The van der Waals surface area contributed by atoms with Gasteiger partial charge in [0.1, 0.15) is 0 Å². The standard InChI is InChI=1S/C21H29IN2O2SeSi/c1-14(26-28(5,6)21(2,3)4)18-17-12-15(22)13-27-20(24(17)19(18)25)23-16-10-8-7-9-11-16/h7-12,14,17-18H,13H2,1-6H3/t14-,17-,18-/m1/s1. The molecule has 152 valence electrons. The van der Waals surface area contributed by atoms with Crippen molar-refractivity contribution in [1.82, 2.24) is 4.90 Å². The Balaban J connectivity index is 1.85. The number of rotatable bonds is 4. The Hall–Kier alpha value is -0.474. The first kappa shape index (κ1) is 22.2. The number of aliphatic imine (C=N–C) groups is 1. The molecule has 0 unspecified atom stereocenters. The van der Waals surface area contributed by atoms with Crippen LogP contribution in [-0.4, -0.2) is 51.0 Å². The topological polar surface area (TPSA) is 41.9 Å². The summed E-state index contributed by atoms with van der Waals surface area (Å²) in [4.78, 5) is 20.0. The first-order valence-corrected chi connectivity index (χ1v) is 15.7. The van der Waals surface area contributed by atoms with Gasteiger partial charge in [-0.15, -0.1) is 0 Å². The molecule has 0 N–H and O–H groups in total. The summed E-state index contributed by atoms with van der Waals surface area (Å²) in [5.41, 5.74) is 0.914. The SMILES string of the molecule is C[C@@H](O[Si](C)(C)C(C)(C)C)[C@H]1C(=O)N2C(=Nc3ccccc3)[Se]CC(I)=C[C@H]12. The predicted molar refractivity (Wildman–Crippen MR) is 128 cm³/mol. The second kappa shape index (κ2) is 8.34. The number of hydrogen-bond acceptors (Lipinski definition) is 3. The van der Waals surface area contributed by atoms with Crippen LogP contribution in [0.5, 0.6) is 0 Å². The van der Waals surface area contributed by atoms with Crippen molar-refractivity contribution in [2.75, 3.05) is 0 Å². The van der Waals surface area contributed by atoms with Crippen molar-refractivity contribution in [1.29, 1.82) is 0 Å². The number of amides is 1. The number of fused-ring (bicyclic) bond motifs is 1. The van der Waals surface area contributed by atoms with E-state index in [9.17, 15) is 4.79 Å². The summed E-state index contributed by atoms with van der Waals surface area (Å²) in [7, 11) is -1.93. The number of amidine groups is 1. The minimum atomic E-state index is -1.93. The third-order valence-electron chi connectivity index (χ3n) is 5.86. The Labute approximate surface area is 189 Å². The summed E-state index contributed by atoms with van der Waals surface area (Å²) >= 11 is 2.57. The summed E-state index contributed by atoms with van der Waals surface area (Å²) in [6.45, 7) is 13.3. The zero-order valence-electron chi connectivity index (χ0n) is 17.4. The van der Waals surface area contributed by atoms with Gasteiger partial charge in [-0.25, -0.2) is 0 Å². The number of hydrogen-bond donors (Lipinski definition) is 0. The molecule has 7 heteroatoms. The molecule has 1 saturated heterocycles. The minimum absolute atomic E-state index is 0.0611. The molecule has 28 heavy (non-hydrogen) atoms. The number of halogens is 1. The average molecular weight is 575 g/mol. The van der Waals surface area contributed by atoms with E-state index >= 15 is 0 Å². The van der Waals surface area contributed by atoms with Crippen LogP contribution in [-0.2, 0) is 9.22 Å². The molecule has 2 aliphatic rings. The zero-order chi connectivity index (χ0) is 20.7. The number of allylic oxidation sites excluding steroid dienone is 1. The van der Waals surface area contributed by atoms with Crippen LogP contribution in [0.4, 0.5) is 5.69 Å². The molecular formula is C21H29IN2O2SeSi. The van der Waals surface area contributed by atoms with Crippen LogP contribution >= 0.6 is 22.6 Å². The fourth-order valence-corrected chi connectivity index (χ4v) is 7.72. The average Bonchev–Trinajstić information content (AvgIpc) is 2.71. The van der Waals surface area contributed by atoms with Gasteiger partial charge in [-0.05, 0) is 0 Å². The Kier molecular flexibility index (Phi) is 6.62. The van der Waals surface area contributed by atoms with Gasteiger partial charge < -0.3 is 0 Å². The van der Waals surface area contributed by atoms with Gasteiger partial charge in [-0.3, -0.25) is 0 Å². The Morgan fingerprint density at radius 2 is 1.93 bits per heavy atom. The van der Waals surface area contributed by atoms with E-state index in [4.69, 9.17) is 9.42 Å². The van der Waals surface area contributed by atoms with Crippen LogP contribution in [0, 0.1) is 5.92 Å². The third-order valence-corrected chi connectivity index (χ3v) is 14.4. The molecule has 2 aliphatic heterocycles. The quantitative estimate of drug-likeness (QED) is 0.276. The molecule has 1 fully saturated rings. The molecule has 0 spiro atoms. The molecule has 0 saturated carbocycles. The van der Waals surface area contributed by atoms with E-state index in [1.165, 1.54) is 3.58 Å². The molecule has 1 aromatic carbocycles. The van der Waals surface area contributed by atoms with Gasteiger partial charge in [0.15, 0.2) is 0 Å². The molecule has 1 aromatic rings. The summed E-state index contributed by atoms with van der Waals surface area (Å²) in [5.74, 6) is 0.0453. The number of para-hydroxylation sites is 1. The van der Waals surface area contributed by atoms with Gasteiger partial charge in [0, 0.05) is 0 Å². The van der Waals surface area contributed by atoms with Crippen molar-refractivity contribution in [3.05, 3.63) is 40.0 Å². The molecule has 0 radical (unpaired) electrons. The number of β-lactam (4-membered cyclic amide) rings is 1. The van der Waals surface area contributed by atoms with Gasteiger partial charge in [0.25, 0.3) is 0 Å². The predicted octanol–water partition coefficient (Wildman–Crippen LogP) is 5.37. The molecule has 0 aliphatic carbocycles. The molecule has 0 bridgehead atoms. The normalized spacial score (nSPS) is 25.7. The maximum atomic E-state index is 13.2. The van der Waals surface area contributed by atoms with Gasteiger partial charge in [0.05, 0.1) is 0 Å². The first-order chi connectivity index (χ1) is 13.0. The number of carbonyl (C=O) groups excluding carboxylic acids is 1. The monoisotopic (exact) mass is 576 g/mol. The molecule has 4 nitrogen and oxygen atoms in total. The zero-order valence-corrected chi connectivity index (χ0v) is 22.3. The second-order valence-electron chi connectivity index (χ2n) is 8.94. The molecule has 1 amide bonds. The van der Waals surface area contributed by atoms with E-state index in [0.717, 1.165) is 15.7 Å². The van der Waals surface area contributed by atoms with Crippen molar-refractivity contribution < 1.29 is 9.22 Å². The summed E-state index contributed by atoms with van der Waals surface area (Å²) in [5, 5.41) is 1.12. The number of benzene rings is 1. The molecule has 2 heterocycles. The fourth-order valence-electron chi connectivity index (χ4n) is 3.26. The van der Waals surface area contributed by atoms with Crippen molar-refractivity contribution in [2.45, 2.75) is 63.3 Å². The second-order valence-corrected chi connectivity index (χ2v) is 17.1. The van der Waals surface area contributed by atoms with Crippen LogP contribution in [0.15, 0.2) is 45.0 Å². The van der Waals surface area contributed by atoms with E-state index < -0.39 is 8.32 Å². The van der Waals surface area contributed by atoms with Crippen LogP contribution in [0.3, 0.4) is 0 Å². The van der Waals surface area contributed by atoms with Crippen LogP contribution < -0.4 is 0 Å². The van der Waals surface area contributed by atoms with E-state index in [0.29, 0.717) is 0 Å². The summed E-state index contributed by atoms with van der Waals surface area (Å²) in [6, 6.07) is 10.0. The first-order valence-electron chi connectivity index (χ1n) is 9.65. The summed E-state index contributed by atoms with van der Waals surface area (Å²) in [6.07, 6.45) is 2.17. The fraction of sp³-hybridized carbons (Fsp3) is 0.524. The van der Waals surface area contributed by atoms with E-state index in [2.05, 4.69) is 69.5 Å². The van der Waals surface area contributed by atoms with Crippen molar-refractivity contribution in [3.8, 4) is 0 Å².